The molecule has 0 bridgehead atoms. The number of aliphatic hydroxyl groups excluding tert-OH is 3. The van der Waals surface area contributed by atoms with Crippen molar-refractivity contribution in [3.05, 3.63) is 35.9 Å². The van der Waals surface area contributed by atoms with E-state index in [1.165, 1.54) is 25.3 Å². The molecule has 12 nitrogen and oxygen atoms in total. The van der Waals surface area contributed by atoms with Crippen LogP contribution in [0.4, 0.5) is 0 Å². The lowest BCUT2D eigenvalue weighted by atomic mass is 9.99. The first-order valence-corrected chi connectivity index (χ1v) is 9.27. The van der Waals surface area contributed by atoms with Gasteiger partial charge in [0.25, 0.3) is 0 Å². The monoisotopic (exact) mass is 454 g/mol. The van der Waals surface area contributed by atoms with E-state index >= 15 is 0 Å². The van der Waals surface area contributed by atoms with Crippen molar-refractivity contribution in [3.8, 4) is 34.5 Å². The summed E-state index contributed by atoms with van der Waals surface area (Å²) in [7, 11) is 1.36. The van der Waals surface area contributed by atoms with Crippen LogP contribution in [0.1, 0.15) is 10.4 Å². The summed E-state index contributed by atoms with van der Waals surface area (Å²) in [5.41, 5.74) is -0.302. The lowest BCUT2D eigenvalue weighted by Gasteiger charge is -2.39. The molecule has 0 aliphatic carbocycles. The second-order valence-corrected chi connectivity index (χ2v) is 6.96. The van der Waals surface area contributed by atoms with Crippen molar-refractivity contribution in [3.63, 3.8) is 0 Å². The summed E-state index contributed by atoms with van der Waals surface area (Å²) < 4.78 is 20.9. The summed E-state index contributed by atoms with van der Waals surface area (Å²) in [4.78, 5) is 12.2. The number of esters is 1. The lowest BCUT2D eigenvalue weighted by molar-refractivity contribution is -0.277. The van der Waals surface area contributed by atoms with Gasteiger partial charge in [-0.25, -0.2) is 4.79 Å². The van der Waals surface area contributed by atoms with Gasteiger partial charge >= 0.3 is 5.97 Å². The molecule has 7 N–H and O–H groups in total. The van der Waals surface area contributed by atoms with Gasteiger partial charge in [0.05, 0.1) is 12.7 Å². The fraction of sp³-hybridized carbons (Fsp3) is 0.350. The van der Waals surface area contributed by atoms with E-state index in [4.69, 9.17) is 18.9 Å². The SMILES string of the molecule is COc1cc(O)cc(O[C@@H]2O[C@H](COC(=O)c3cc(O)c(O)c(O)c3)[C@H](O)[C@H](O)[C@H]2O)c1. The Kier molecular flexibility index (Phi) is 6.79. The first-order valence-electron chi connectivity index (χ1n) is 9.27. The second-order valence-electron chi connectivity index (χ2n) is 6.96. The molecule has 0 saturated carbocycles. The standard InChI is InChI=1S/C20H22O12/c1-29-10-4-9(21)5-11(6-10)31-20-18(27)17(26)16(25)14(32-20)7-30-19(28)8-2-12(22)15(24)13(23)3-8/h2-6,14,16-18,20-27H,7H2,1H3/t14-,16+,17+,18-,20-/m1/s1. The van der Waals surface area contributed by atoms with Gasteiger partial charge in [0.15, 0.2) is 17.2 Å². The Morgan fingerprint density at radius 3 is 2.16 bits per heavy atom. The summed E-state index contributed by atoms with van der Waals surface area (Å²) >= 11 is 0. The average Bonchev–Trinajstić information content (AvgIpc) is 2.75. The number of rotatable bonds is 6. The number of hydrogen-bond donors (Lipinski definition) is 7. The highest BCUT2D eigenvalue weighted by molar-refractivity contribution is 5.91. The summed E-state index contributed by atoms with van der Waals surface area (Å²) in [6.45, 7) is -0.602. The number of ether oxygens (including phenoxy) is 4. The van der Waals surface area contributed by atoms with Crippen molar-refractivity contribution < 1.29 is 59.5 Å². The van der Waals surface area contributed by atoms with Crippen molar-refractivity contribution in [1.82, 2.24) is 0 Å². The number of methoxy groups -OCH3 is 1. The van der Waals surface area contributed by atoms with Crippen LogP contribution >= 0.6 is 0 Å². The number of aliphatic hydroxyl groups is 3. The first-order chi connectivity index (χ1) is 15.1. The second kappa shape index (κ2) is 9.36. The Balaban J connectivity index is 1.70. The van der Waals surface area contributed by atoms with Crippen LogP contribution in [0.2, 0.25) is 0 Å². The third-order valence-corrected chi connectivity index (χ3v) is 4.71. The Morgan fingerprint density at radius 1 is 0.906 bits per heavy atom. The van der Waals surface area contributed by atoms with Gasteiger partial charge in [-0.1, -0.05) is 0 Å². The van der Waals surface area contributed by atoms with E-state index in [1.54, 1.807) is 0 Å². The zero-order valence-electron chi connectivity index (χ0n) is 16.7. The van der Waals surface area contributed by atoms with E-state index in [9.17, 15) is 40.5 Å². The van der Waals surface area contributed by atoms with E-state index in [0.29, 0.717) is 0 Å². The average molecular weight is 454 g/mol. The maximum absolute atomic E-state index is 12.2. The first kappa shape index (κ1) is 23.2. The number of hydrogen-bond acceptors (Lipinski definition) is 12. The molecular weight excluding hydrogens is 432 g/mol. The van der Waals surface area contributed by atoms with Gasteiger partial charge in [0.2, 0.25) is 6.29 Å². The molecule has 0 radical (unpaired) electrons. The fourth-order valence-electron chi connectivity index (χ4n) is 2.99. The van der Waals surface area contributed by atoms with Crippen molar-refractivity contribution in [2.45, 2.75) is 30.7 Å². The fourth-order valence-corrected chi connectivity index (χ4v) is 2.99. The van der Waals surface area contributed by atoms with Crippen molar-refractivity contribution in [2.24, 2.45) is 0 Å². The summed E-state index contributed by atoms with van der Waals surface area (Å²) in [6, 6.07) is 5.61. The zero-order chi connectivity index (χ0) is 23.6. The Hall–Kier alpha value is -3.45. The van der Waals surface area contributed by atoms with Crippen molar-refractivity contribution in [1.29, 1.82) is 0 Å². The molecule has 0 spiro atoms. The van der Waals surface area contributed by atoms with E-state index in [0.717, 1.165) is 12.1 Å². The van der Waals surface area contributed by atoms with Crippen molar-refractivity contribution in [2.75, 3.05) is 13.7 Å². The van der Waals surface area contributed by atoms with Gasteiger partial charge in [-0.15, -0.1) is 0 Å². The van der Waals surface area contributed by atoms with Crippen LogP contribution in [-0.4, -0.2) is 86.1 Å². The highest BCUT2D eigenvalue weighted by atomic mass is 16.7. The molecule has 1 fully saturated rings. The van der Waals surface area contributed by atoms with E-state index < -0.39 is 60.5 Å². The van der Waals surface area contributed by atoms with Gasteiger partial charge in [0.1, 0.15) is 48.3 Å². The van der Waals surface area contributed by atoms with E-state index in [-0.39, 0.29) is 22.8 Å². The molecule has 3 rings (SSSR count). The molecule has 32 heavy (non-hydrogen) atoms. The van der Waals surface area contributed by atoms with E-state index in [1.807, 2.05) is 0 Å². The number of benzene rings is 2. The van der Waals surface area contributed by atoms with Crippen molar-refractivity contribution >= 4 is 5.97 Å². The summed E-state index contributed by atoms with van der Waals surface area (Å²) in [5, 5.41) is 68.5. The Morgan fingerprint density at radius 2 is 1.53 bits per heavy atom. The number of carbonyl (C=O) groups is 1. The van der Waals surface area contributed by atoms with Gasteiger partial charge in [-0.2, -0.15) is 0 Å². The smallest absolute Gasteiger partial charge is 0.338 e. The third kappa shape index (κ3) is 4.89. The predicted octanol–water partition coefficient (Wildman–Crippen LogP) is -0.439. The molecule has 0 aromatic heterocycles. The molecule has 1 aliphatic heterocycles. The summed E-state index contributed by atoms with van der Waals surface area (Å²) in [5.74, 6) is -3.28. The summed E-state index contributed by atoms with van der Waals surface area (Å²) in [6.07, 6.45) is -7.90. The molecule has 174 valence electrons. The molecule has 0 unspecified atom stereocenters. The minimum atomic E-state index is -1.72. The topological polar surface area (TPSA) is 196 Å². The normalized spacial score (nSPS) is 25.2. The van der Waals surface area contributed by atoms with Crippen LogP contribution in [0.25, 0.3) is 0 Å². The van der Waals surface area contributed by atoms with Crippen LogP contribution in [0.5, 0.6) is 34.5 Å². The number of carbonyl (C=O) groups excluding carboxylic acids is 1. The van der Waals surface area contributed by atoms with Gasteiger partial charge < -0.3 is 54.7 Å². The van der Waals surface area contributed by atoms with Crippen LogP contribution in [0.15, 0.2) is 30.3 Å². The van der Waals surface area contributed by atoms with Gasteiger partial charge in [0, 0.05) is 18.2 Å². The van der Waals surface area contributed by atoms with Crippen LogP contribution in [0, 0.1) is 0 Å². The maximum atomic E-state index is 12.2. The molecular formula is C20H22O12. The third-order valence-electron chi connectivity index (χ3n) is 4.71. The van der Waals surface area contributed by atoms with Crippen LogP contribution in [0.3, 0.4) is 0 Å². The molecule has 2 aromatic rings. The molecule has 2 aromatic carbocycles. The number of aromatic hydroxyl groups is 4. The van der Waals surface area contributed by atoms with Gasteiger partial charge in [-0.3, -0.25) is 0 Å². The molecule has 1 aliphatic rings. The minimum absolute atomic E-state index is 0.0280. The van der Waals surface area contributed by atoms with Gasteiger partial charge in [-0.05, 0) is 12.1 Å². The Bertz CT molecular complexity index is 954. The Labute approximate surface area is 181 Å². The molecule has 0 amide bonds. The van der Waals surface area contributed by atoms with E-state index in [2.05, 4.69) is 0 Å². The predicted molar refractivity (Wildman–Crippen MR) is 104 cm³/mol. The maximum Gasteiger partial charge on any atom is 0.338 e. The highest BCUT2D eigenvalue weighted by Crippen LogP contribution is 2.35. The highest BCUT2D eigenvalue weighted by Gasteiger charge is 2.45. The lowest BCUT2D eigenvalue weighted by Crippen LogP contribution is -2.60. The quantitative estimate of drug-likeness (QED) is 0.220. The minimum Gasteiger partial charge on any atom is -0.508 e. The largest absolute Gasteiger partial charge is 0.508 e. The van der Waals surface area contributed by atoms with Crippen LogP contribution in [-0.2, 0) is 9.47 Å². The molecule has 5 atom stereocenters. The number of phenols is 4. The molecule has 1 saturated heterocycles. The molecule has 1 heterocycles. The zero-order valence-corrected chi connectivity index (χ0v) is 16.7. The number of phenolic OH excluding ortho intramolecular Hbond substituents is 4. The molecule has 12 heteroatoms. The van der Waals surface area contributed by atoms with Crippen LogP contribution < -0.4 is 9.47 Å².